The van der Waals surface area contributed by atoms with Gasteiger partial charge in [0.1, 0.15) is 10.6 Å². The molecule has 0 saturated carbocycles. The van der Waals surface area contributed by atoms with Crippen LogP contribution in [0, 0.1) is 6.92 Å². The van der Waals surface area contributed by atoms with Crippen molar-refractivity contribution in [1.82, 2.24) is 9.62 Å². The van der Waals surface area contributed by atoms with Gasteiger partial charge in [0, 0.05) is 26.2 Å². The molecule has 6 heteroatoms. The van der Waals surface area contributed by atoms with Crippen molar-refractivity contribution in [2.45, 2.75) is 31.6 Å². The third kappa shape index (κ3) is 2.68. The lowest BCUT2D eigenvalue weighted by Crippen LogP contribution is -2.46. The van der Waals surface area contributed by atoms with Crippen LogP contribution in [-0.2, 0) is 10.0 Å². The number of nitrogens with zero attached hydrogens (tertiary/aromatic N) is 1. The maximum absolute atomic E-state index is 12.7. The van der Waals surface area contributed by atoms with Crippen LogP contribution < -0.4 is 5.32 Å². The molecule has 1 aromatic carbocycles. The highest BCUT2D eigenvalue weighted by molar-refractivity contribution is 7.89. The zero-order valence-electron chi connectivity index (χ0n) is 12.2. The van der Waals surface area contributed by atoms with Gasteiger partial charge in [0.2, 0.25) is 10.0 Å². The van der Waals surface area contributed by atoms with E-state index in [4.69, 9.17) is 0 Å². The highest BCUT2D eigenvalue weighted by Gasteiger charge is 2.31. The molecule has 0 spiro atoms. The fraction of sp³-hybridized carbons (Fsp3) is 0.571. The number of hydrogen-bond acceptors (Lipinski definition) is 4. The van der Waals surface area contributed by atoms with Crippen molar-refractivity contribution < 1.29 is 13.5 Å². The molecule has 112 valence electrons. The van der Waals surface area contributed by atoms with Gasteiger partial charge in [0.25, 0.3) is 0 Å². The van der Waals surface area contributed by atoms with Gasteiger partial charge < -0.3 is 10.4 Å². The molecule has 2 rings (SSSR count). The van der Waals surface area contributed by atoms with Crippen molar-refractivity contribution in [2.75, 3.05) is 26.2 Å². The minimum atomic E-state index is -3.64. The van der Waals surface area contributed by atoms with Crippen LogP contribution in [0.5, 0.6) is 5.75 Å². The van der Waals surface area contributed by atoms with Gasteiger partial charge in [-0.15, -0.1) is 0 Å². The SMILES string of the molecule is Cc1ccc(C(C)C)c(O)c1S(=O)(=O)N1CCNCC1. The number of phenols is 1. The van der Waals surface area contributed by atoms with E-state index in [0.717, 1.165) is 0 Å². The number of sulfonamides is 1. The molecule has 1 aromatic rings. The second-order valence-corrected chi connectivity index (χ2v) is 7.33. The van der Waals surface area contributed by atoms with Crippen molar-refractivity contribution >= 4 is 10.0 Å². The van der Waals surface area contributed by atoms with E-state index in [9.17, 15) is 13.5 Å². The minimum absolute atomic E-state index is 0.0607. The number of aromatic hydroxyl groups is 1. The summed E-state index contributed by atoms with van der Waals surface area (Å²) >= 11 is 0. The predicted molar refractivity (Wildman–Crippen MR) is 78.6 cm³/mol. The molecule has 1 saturated heterocycles. The largest absolute Gasteiger partial charge is 0.506 e. The molecule has 0 atom stereocenters. The van der Waals surface area contributed by atoms with Crippen LogP contribution >= 0.6 is 0 Å². The van der Waals surface area contributed by atoms with Crippen LogP contribution in [0.1, 0.15) is 30.9 Å². The number of benzene rings is 1. The zero-order chi connectivity index (χ0) is 14.9. The van der Waals surface area contributed by atoms with E-state index < -0.39 is 10.0 Å². The Bertz CT molecular complexity index is 591. The van der Waals surface area contributed by atoms with Gasteiger partial charge in [-0.2, -0.15) is 4.31 Å². The Morgan fingerprint density at radius 2 is 1.85 bits per heavy atom. The molecule has 0 unspecified atom stereocenters. The van der Waals surface area contributed by atoms with E-state index in [1.54, 1.807) is 19.1 Å². The summed E-state index contributed by atoms with van der Waals surface area (Å²) in [5.74, 6) is -0.0221. The first-order valence-corrected chi connectivity index (χ1v) is 8.33. The van der Waals surface area contributed by atoms with Crippen LogP contribution in [0.2, 0.25) is 0 Å². The van der Waals surface area contributed by atoms with E-state index in [1.807, 2.05) is 13.8 Å². The van der Waals surface area contributed by atoms with E-state index in [1.165, 1.54) is 4.31 Å². The molecule has 1 aliphatic rings. The normalized spacial score (nSPS) is 17.6. The van der Waals surface area contributed by atoms with Crippen LogP contribution in [0.3, 0.4) is 0 Å². The first-order valence-electron chi connectivity index (χ1n) is 6.89. The predicted octanol–water partition coefficient (Wildman–Crippen LogP) is 1.42. The van der Waals surface area contributed by atoms with Crippen LogP contribution in [0.4, 0.5) is 0 Å². The van der Waals surface area contributed by atoms with Gasteiger partial charge in [-0.1, -0.05) is 26.0 Å². The maximum atomic E-state index is 12.7. The van der Waals surface area contributed by atoms with E-state index in [0.29, 0.717) is 37.3 Å². The molecule has 1 aliphatic heterocycles. The van der Waals surface area contributed by atoms with E-state index in [2.05, 4.69) is 5.32 Å². The summed E-state index contributed by atoms with van der Waals surface area (Å²) in [6.45, 7) is 7.75. The standard InChI is InChI=1S/C14H22N2O3S/c1-10(2)12-5-4-11(3)14(13(12)17)20(18,19)16-8-6-15-7-9-16/h4-5,10,15,17H,6-9H2,1-3H3. The number of phenolic OH excluding ortho intramolecular Hbond substituents is 1. The molecule has 1 fully saturated rings. The number of hydrogen-bond donors (Lipinski definition) is 2. The topological polar surface area (TPSA) is 69.6 Å². The van der Waals surface area contributed by atoms with Gasteiger partial charge in [-0.05, 0) is 24.0 Å². The Kier molecular flexibility index (Phi) is 4.36. The van der Waals surface area contributed by atoms with E-state index in [-0.39, 0.29) is 16.6 Å². The monoisotopic (exact) mass is 298 g/mol. The lowest BCUT2D eigenvalue weighted by atomic mass is 10.0. The summed E-state index contributed by atoms with van der Waals surface area (Å²) in [6.07, 6.45) is 0. The van der Waals surface area contributed by atoms with Crippen molar-refractivity contribution in [1.29, 1.82) is 0 Å². The molecule has 5 nitrogen and oxygen atoms in total. The maximum Gasteiger partial charge on any atom is 0.247 e. The molecule has 0 aliphatic carbocycles. The Balaban J connectivity index is 2.53. The quantitative estimate of drug-likeness (QED) is 0.885. The Labute approximate surface area is 120 Å². The van der Waals surface area contributed by atoms with Crippen LogP contribution in [-0.4, -0.2) is 44.0 Å². The summed E-state index contributed by atoms with van der Waals surface area (Å²) < 4.78 is 26.9. The summed E-state index contributed by atoms with van der Waals surface area (Å²) in [4.78, 5) is 0.0607. The smallest absolute Gasteiger partial charge is 0.247 e. The molecular weight excluding hydrogens is 276 g/mol. The number of piperazine rings is 1. The summed E-state index contributed by atoms with van der Waals surface area (Å²) in [6, 6.07) is 3.57. The Hall–Kier alpha value is -1.11. The fourth-order valence-electron chi connectivity index (χ4n) is 2.49. The third-order valence-corrected chi connectivity index (χ3v) is 5.73. The van der Waals surface area contributed by atoms with Crippen molar-refractivity contribution in [3.8, 4) is 5.75 Å². The first kappa shape index (κ1) is 15.3. The number of nitrogens with one attached hydrogen (secondary N) is 1. The average Bonchev–Trinajstić information content (AvgIpc) is 2.39. The third-order valence-electron chi connectivity index (χ3n) is 3.66. The Morgan fingerprint density at radius 1 is 1.25 bits per heavy atom. The Morgan fingerprint density at radius 3 is 2.40 bits per heavy atom. The van der Waals surface area contributed by atoms with Crippen molar-refractivity contribution in [3.63, 3.8) is 0 Å². The fourth-order valence-corrected chi connectivity index (χ4v) is 4.25. The summed E-state index contributed by atoms with van der Waals surface area (Å²) in [5.41, 5.74) is 1.26. The second kappa shape index (κ2) is 5.71. The van der Waals surface area contributed by atoms with E-state index >= 15 is 0 Å². The average molecular weight is 298 g/mol. The van der Waals surface area contributed by atoms with Gasteiger partial charge in [-0.25, -0.2) is 8.42 Å². The lowest BCUT2D eigenvalue weighted by molar-refractivity contribution is 0.357. The molecular formula is C14H22N2O3S. The molecule has 2 N–H and O–H groups in total. The summed E-state index contributed by atoms with van der Waals surface area (Å²) in [7, 11) is -3.64. The highest BCUT2D eigenvalue weighted by Crippen LogP contribution is 2.35. The molecule has 0 aromatic heterocycles. The van der Waals surface area contributed by atoms with Crippen LogP contribution in [0.25, 0.3) is 0 Å². The van der Waals surface area contributed by atoms with Gasteiger partial charge in [0.05, 0.1) is 0 Å². The van der Waals surface area contributed by atoms with Gasteiger partial charge in [-0.3, -0.25) is 0 Å². The lowest BCUT2D eigenvalue weighted by Gasteiger charge is -2.28. The molecule has 20 heavy (non-hydrogen) atoms. The first-order chi connectivity index (χ1) is 9.35. The highest BCUT2D eigenvalue weighted by atomic mass is 32.2. The second-order valence-electron chi connectivity index (χ2n) is 5.46. The molecule has 0 amide bonds. The number of aryl methyl sites for hydroxylation is 1. The van der Waals surface area contributed by atoms with Gasteiger partial charge in [0.15, 0.2) is 0 Å². The summed E-state index contributed by atoms with van der Waals surface area (Å²) in [5, 5.41) is 13.5. The van der Waals surface area contributed by atoms with Crippen LogP contribution in [0.15, 0.2) is 17.0 Å². The molecule has 0 bridgehead atoms. The van der Waals surface area contributed by atoms with Crippen molar-refractivity contribution in [3.05, 3.63) is 23.3 Å². The zero-order valence-corrected chi connectivity index (χ0v) is 13.0. The molecule has 0 radical (unpaired) electrons. The van der Waals surface area contributed by atoms with Crippen molar-refractivity contribution in [2.24, 2.45) is 0 Å². The van der Waals surface area contributed by atoms with Gasteiger partial charge >= 0.3 is 0 Å². The number of rotatable bonds is 3. The minimum Gasteiger partial charge on any atom is -0.506 e. The molecule has 1 heterocycles.